The van der Waals surface area contributed by atoms with Crippen LogP contribution in [0.2, 0.25) is 0 Å². The Kier molecular flexibility index (Phi) is 3.81. The normalized spacial score (nSPS) is 16.8. The number of allylic oxidation sites excluding steroid dienone is 1. The fourth-order valence-corrected chi connectivity index (χ4v) is 2.89. The summed E-state index contributed by atoms with van der Waals surface area (Å²) in [5.41, 5.74) is 2.64. The number of carbonyl (C=O) groups excluding carboxylic acids is 3. The van der Waals surface area contributed by atoms with Gasteiger partial charge in [-0.05, 0) is 24.6 Å². The van der Waals surface area contributed by atoms with Crippen LogP contribution in [0.3, 0.4) is 0 Å². The van der Waals surface area contributed by atoms with Crippen LogP contribution >= 0.6 is 0 Å². The average molecular weight is 323 g/mol. The number of amides is 4. The molecule has 1 N–H and O–H groups in total. The van der Waals surface area contributed by atoms with Gasteiger partial charge < -0.3 is 4.57 Å². The van der Waals surface area contributed by atoms with Crippen molar-refractivity contribution in [2.75, 3.05) is 7.05 Å². The zero-order chi connectivity index (χ0) is 17.4. The molecule has 1 aliphatic heterocycles. The second kappa shape index (κ2) is 5.81. The number of rotatable bonds is 3. The number of fused-ring (bicyclic) bond motifs is 1. The fourth-order valence-electron chi connectivity index (χ4n) is 2.89. The van der Waals surface area contributed by atoms with E-state index < -0.39 is 17.8 Å². The number of carbonyl (C=O) groups is 3. The van der Waals surface area contributed by atoms with Crippen molar-refractivity contribution < 1.29 is 14.4 Å². The molecular formula is C18H17N3O3. The lowest BCUT2D eigenvalue weighted by Gasteiger charge is -2.22. The van der Waals surface area contributed by atoms with Crippen LogP contribution in [-0.4, -0.2) is 34.4 Å². The number of nitrogens with zero attached hydrogens (tertiary/aromatic N) is 2. The van der Waals surface area contributed by atoms with Crippen molar-refractivity contribution in [1.82, 2.24) is 14.8 Å². The van der Waals surface area contributed by atoms with Gasteiger partial charge in [-0.1, -0.05) is 24.3 Å². The van der Waals surface area contributed by atoms with Crippen LogP contribution in [0.1, 0.15) is 11.3 Å². The number of likely N-dealkylation sites (N-methyl/N-ethyl adjacent to an activating group) is 1. The van der Waals surface area contributed by atoms with Gasteiger partial charge in [0, 0.05) is 30.2 Å². The van der Waals surface area contributed by atoms with Crippen molar-refractivity contribution in [2.24, 2.45) is 0 Å². The van der Waals surface area contributed by atoms with E-state index in [4.69, 9.17) is 0 Å². The maximum atomic E-state index is 12.3. The summed E-state index contributed by atoms with van der Waals surface area (Å²) in [6.45, 7) is 6.25. The fraction of sp³-hybridized carbons (Fsp3) is 0.167. The average Bonchev–Trinajstić information content (AvgIpc) is 2.83. The van der Waals surface area contributed by atoms with Crippen molar-refractivity contribution in [3.63, 3.8) is 0 Å². The van der Waals surface area contributed by atoms with E-state index in [0.717, 1.165) is 27.1 Å². The van der Waals surface area contributed by atoms with Gasteiger partial charge in [0.05, 0.1) is 0 Å². The number of imide groups is 2. The monoisotopic (exact) mass is 323 g/mol. The maximum absolute atomic E-state index is 12.3. The van der Waals surface area contributed by atoms with E-state index in [2.05, 4.69) is 11.9 Å². The minimum absolute atomic E-state index is 0.0617. The van der Waals surface area contributed by atoms with Gasteiger partial charge >= 0.3 is 6.03 Å². The van der Waals surface area contributed by atoms with E-state index in [-0.39, 0.29) is 5.57 Å². The number of aromatic nitrogens is 1. The molecule has 0 atom stereocenters. The Hall–Kier alpha value is -3.15. The van der Waals surface area contributed by atoms with Crippen molar-refractivity contribution >= 4 is 34.8 Å². The Morgan fingerprint density at radius 3 is 2.62 bits per heavy atom. The highest BCUT2D eigenvalue weighted by Gasteiger charge is 2.33. The van der Waals surface area contributed by atoms with Crippen molar-refractivity contribution in [2.45, 2.75) is 13.5 Å². The Morgan fingerprint density at radius 1 is 1.21 bits per heavy atom. The van der Waals surface area contributed by atoms with Crippen LogP contribution in [0.4, 0.5) is 4.79 Å². The molecule has 0 aliphatic carbocycles. The summed E-state index contributed by atoms with van der Waals surface area (Å²) in [5.74, 6) is -1.29. The number of hydrogen-bond acceptors (Lipinski definition) is 3. The summed E-state index contributed by atoms with van der Waals surface area (Å²) in [5, 5.41) is 3.21. The first kappa shape index (κ1) is 15.7. The Labute approximate surface area is 139 Å². The molecule has 1 saturated heterocycles. The van der Waals surface area contributed by atoms with Gasteiger partial charge in [0.25, 0.3) is 11.8 Å². The van der Waals surface area contributed by atoms with E-state index >= 15 is 0 Å². The van der Waals surface area contributed by atoms with Gasteiger partial charge in [0.15, 0.2) is 0 Å². The number of para-hydroxylation sites is 1. The SMILES string of the molecule is C=CCn1c(/C=C2/C(=O)NC(=O)N(C)C2=O)c(C)c2ccccc21. The first-order valence-corrected chi connectivity index (χ1v) is 7.49. The third-order valence-corrected chi connectivity index (χ3v) is 4.17. The van der Waals surface area contributed by atoms with Gasteiger partial charge in [-0.15, -0.1) is 6.58 Å². The molecule has 2 heterocycles. The quantitative estimate of drug-likeness (QED) is 0.535. The lowest BCUT2D eigenvalue weighted by Crippen LogP contribution is -2.52. The summed E-state index contributed by atoms with van der Waals surface area (Å²) in [6, 6.07) is 7.13. The predicted molar refractivity (Wildman–Crippen MR) is 91.2 cm³/mol. The molecule has 0 spiro atoms. The molecule has 6 nitrogen and oxygen atoms in total. The van der Waals surface area contributed by atoms with E-state index in [1.165, 1.54) is 7.05 Å². The molecule has 0 radical (unpaired) electrons. The molecular weight excluding hydrogens is 306 g/mol. The second-order valence-corrected chi connectivity index (χ2v) is 5.61. The first-order chi connectivity index (χ1) is 11.5. The molecule has 1 aromatic carbocycles. The number of hydrogen-bond donors (Lipinski definition) is 1. The van der Waals surface area contributed by atoms with Crippen LogP contribution in [0.5, 0.6) is 0 Å². The Bertz CT molecular complexity index is 921. The molecule has 24 heavy (non-hydrogen) atoms. The van der Waals surface area contributed by atoms with Crippen molar-refractivity contribution in [3.8, 4) is 0 Å². The van der Waals surface area contributed by atoms with Gasteiger partial charge in [0.2, 0.25) is 0 Å². The van der Waals surface area contributed by atoms with Crippen LogP contribution < -0.4 is 5.32 Å². The van der Waals surface area contributed by atoms with Crippen LogP contribution in [0.25, 0.3) is 17.0 Å². The van der Waals surface area contributed by atoms with Crippen molar-refractivity contribution in [1.29, 1.82) is 0 Å². The Balaban J connectivity index is 2.22. The van der Waals surface area contributed by atoms with E-state index in [0.29, 0.717) is 6.54 Å². The van der Waals surface area contributed by atoms with Crippen LogP contribution in [0, 0.1) is 6.92 Å². The van der Waals surface area contributed by atoms with E-state index in [9.17, 15) is 14.4 Å². The number of benzene rings is 1. The third-order valence-electron chi connectivity index (χ3n) is 4.17. The molecule has 1 aromatic heterocycles. The van der Waals surface area contributed by atoms with Crippen LogP contribution in [-0.2, 0) is 16.1 Å². The highest BCUT2D eigenvalue weighted by Crippen LogP contribution is 2.28. The molecule has 4 amide bonds. The Morgan fingerprint density at radius 2 is 1.92 bits per heavy atom. The molecule has 1 fully saturated rings. The molecule has 1 aliphatic rings. The standard InChI is InChI=1S/C18H17N3O3/c1-4-9-21-14-8-6-5-7-12(14)11(2)15(21)10-13-16(22)19-18(24)20(3)17(13)23/h4-8,10H,1,9H2,2-3H3,(H,19,22,24)/b13-10-. The lowest BCUT2D eigenvalue weighted by atomic mass is 10.1. The minimum Gasteiger partial charge on any atom is -0.337 e. The summed E-state index contributed by atoms with van der Waals surface area (Å²) < 4.78 is 1.99. The molecule has 6 heteroatoms. The number of barbiturate groups is 1. The summed E-state index contributed by atoms with van der Waals surface area (Å²) >= 11 is 0. The number of aryl methyl sites for hydroxylation is 1. The molecule has 0 unspecified atom stereocenters. The molecule has 0 bridgehead atoms. The molecule has 3 rings (SSSR count). The smallest absolute Gasteiger partial charge is 0.331 e. The van der Waals surface area contributed by atoms with Gasteiger partial charge in [-0.25, -0.2) is 4.79 Å². The topological polar surface area (TPSA) is 71.4 Å². The van der Waals surface area contributed by atoms with Crippen LogP contribution in [0.15, 0.2) is 42.5 Å². The first-order valence-electron chi connectivity index (χ1n) is 7.49. The van der Waals surface area contributed by atoms with Crippen molar-refractivity contribution in [3.05, 3.63) is 53.8 Å². The van der Waals surface area contributed by atoms with Gasteiger partial charge in [-0.3, -0.25) is 19.8 Å². The molecule has 122 valence electrons. The third kappa shape index (κ3) is 2.32. The zero-order valence-corrected chi connectivity index (χ0v) is 13.5. The van der Waals surface area contributed by atoms with Gasteiger partial charge in [0.1, 0.15) is 5.57 Å². The molecule has 0 saturated carbocycles. The summed E-state index contributed by atoms with van der Waals surface area (Å²) in [4.78, 5) is 36.8. The highest BCUT2D eigenvalue weighted by atomic mass is 16.2. The summed E-state index contributed by atoms with van der Waals surface area (Å²) in [7, 11) is 1.34. The second-order valence-electron chi connectivity index (χ2n) is 5.61. The maximum Gasteiger partial charge on any atom is 0.331 e. The summed E-state index contributed by atoms with van der Waals surface area (Å²) in [6.07, 6.45) is 3.30. The zero-order valence-electron chi connectivity index (χ0n) is 13.5. The van der Waals surface area contributed by atoms with E-state index in [1.807, 2.05) is 35.8 Å². The highest BCUT2D eigenvalue weighted by molar-refractivity contribution is 6.30. The molecule has 2 aromatic rings. The number of urea groups is 1. The largest absolute Gasteiger partial charge is 0.337 e. The van der Waals surface area contributed by atoms with E-state index in [1.54, 1.807) is 12.2 Å². The lowest BCUT2D eigenvalue weighted by molar-refractivity contribution is -0.129. The van der Waals surface area contributed by atoms with Gasteiger partial charge in [-0.2, -0.15) is 0 Å². The number of nitrogens with one attached hydrogen (secondary N) is 1. The minimum atomic E-state index is -0.717. The predicted octanol–water partition coefficient (Wildman–Crippen LogP) is 2.23.